The van der Waals surface area contributed by atoms with Crippen molar-refractivity contribution in [3.05, 3.63) is 39.6 Å². The summed E-state index contributed by atoms with van der Waals surface area (Å²) >= 11 is 1.23. The number of rotatable bonds is 5. The maximum atomic E-state index is 12.6. The maximum absolute atomic E-state index is 12.6. The first-order valence-electron chi connectivity index (χ1n) is 6.99. The third-order valence-corrected chi connectivity index (χ3v) is 6.28. The van der Waals surface area contributed by atoms with E-state index in [1.807, 2.05) is 26.8 Å². The molecule has 0 saturated carbocycles. The molecule has 0 aliphatic carbocycles. The lowest BCUT2D eigenvalue weighted by Gasteiger charge is -2.14. The Kier molecular flexibility index (Phi) is 4.72. The van der Waals surface area contributed by atoms with E-state index in [0.29, 0.717) is 22.4 Å². The number of aryl methyl sites for hydroxylation is 2. The van der Waals surface area contributed by atoms with Gasteiger partial charge in [0.1, 0.15) is 0 Å². The van der Waals surface area contributed by atoms with Gasteiger partial charge < -0.3 is 5.73 Å². The van der Waals surface area contributed by atoms with E-state index in [0.717, 1.165) is 11.1 Å². The highest BCUT2D eigenvalue weighted by atomic mass is 32.2. The molecule has 2 aromatic rings. The molecule has 0 unspecified atom stereocenters. The topological polar surface area (TPSA) is 77.2 Å². The zero-order chi connectivity index (χ0) is 16.5. The Bertz CT molecular complexity index is 820. The van der Waals surface area contributed by atoms with Gasteiger partial charge in [0.05, 0.1) is 15.5 Å². The van der Waals surface area contributed by atoms with Gasteiger partial charge in [-0.15, -0.1) is 11.3 Å². The van der Waals surface area contributed by atoms with Crippen molar-refractivity contribution < 1.29 is 13.2 Å². The van der Waals surface area contributed by atoms with Gasteiger partial charge in [-0.2, -0.15) is 0 Å². The van der Waals surface area contributed by atoms with Gasteiger partial charge >= 0.3 is 0 Å². The summed E-state index contributed by atoms with van der Waals surface area (Å²) in [5.74, 6) is -0.456. The minimum Gasteiger partial charge on any atom is -0.365 e. The van der Waals surface area contributed by atoms with Crippen LogP contribution in [0.25, 0.3) is 11.1 Å². The number of primary amides is 1. The predicted molar refractivity (Wildman–Crippen MR) is 90.1 cm³/mol. The number of carbonyl (C=O) groups excluding carboxylic acids is 1. The molecule has 0 radical (unpaired) electrons. The van der Waals surface area contributed by atoms with Crippen molar-refractivity contribution in [3.8, 4) is 11.1 Å². The average Bonchev–Trinajstić information content (AvgIpc) is 2.86. The lowest BCUT2D eigenvalue weighted by Crippen LogP contribution is -2.12. The second kappa shape index (κ2) is 6.22. The Hall–Kier alpha value is -1.66. The second-order valence-electron chi connectivity index (χ2n) is 5.30. The Labute approximate surface area is 134 Å². The molecule has 118 valence electrons. The van der Waals surface area contributed by atoms with Crippen LogP contribution in [0.15, 0.2) is 28.5 Å². The second-order valence-corrected chi connectivity index (χ2v) is 8.30. The van der Waals surface area contributed by atoms with Crippen LogP contribution in [0.1, 0.15) is 34.1 Å². The molecule has 1 aromatic carbocycles. The van der Waals surface area contributed by atoms with Gasteiger partial charge in [0, 0.05) is 11.1 Å². The highest BCUT2D eigenvalue weighted by Crippen LogP contribution is 2.36. The normalized spacial score (nSPS) is 11.6. The molecule has 1 heterocycles. The predicted octanol–water partition coefficient (Wildman–Crippen LogP) is 3.31. The molecule has 4 nitrogen and oxygen atoms in total. The van der Waals surface area contributed by atoms with E-state index in [2.05, 4.69) is 0 Å². The number of thiophene rings is 1. The molecule has 0 atom stereocenters. The van der Waals surface area contributed by atoms with Crippen LogP contribution in [-0.4, -0.2) is 20.1 Å². The summed E-state index contributed by atoms with van der Waals surface area (Å²) in [6.45, 7) is 5.55. The number of amides is 1. The van der Waals surface area contributed by atoms with Gasteiger partial charge in [0.15, 0.2) is 9.84 Å². The number of hydrogen-bond donors (Lipinski definition) is 1. The Morgan fingerprint density at radius 2 is 1.95 bits per heavy atom. The summed E-state index contributed by atoms with van der Waals surface area (Å²) in [5.41, 5.74) is 8.32. The summed E-state index contributed by atoms with van der Waals surface area (Å²) in [7, 11) is -3.40. The van der Waals surface area contributed by atoms with Crippen molar-refractivity contribution in [1.29, 1.82) is 0 Å². The van der Waals surface area contributed by atoms with Crippen LogP contribution in [0.4, 0.5) is 0 Å². The van der Waals surface area contributed by atoms with Gasteiger partial charge in [-0.1, -0.05) is 13.0 Å². The summed E-state index contributed by atoms with van der Waals surface area (Å²) in [6.07, 6.45) is 0.543. The third kappa shape index (κ3) is 3.08. The monoisotopic (exact) mass is 337 g/mol. The minimum atomic E-state index is -3.40. The fraction of sp³-hybridized carbons (Fsp3) is 0.312. The van der Waals surface area contributed by atoms with Gasteiger partial charge in [-0.05, 0) is 48.9 Å². The van der Waals surface area contributed by atoms with E-state index in [1.165, 1.54) is 11.3 Å². The smallest absolute Gasteiger partial charge is 0.259 e. The highest BCUT2D eigenvalue weighted by molar-refractivity contribution is 7.91. The molecule has 0 fully saturated rings. The van der Waals surface area contributed by atoms with Crippen LogP contribution < -0.4 is 5.73 Å². The summed E-state index contributed by atoms with van der Waals surface area (Å²) in [5, 5.41) is 1.75. The molecule has 0 spiro atoms. The molecule has 2 N–H and O–H groups in total. The standard InChI is InChI=1S/C16H19NO3S2/c1-4-7-22(19,20)13-9-10(2)8-11(3)14(13)12-5-6-21-15(12)16(17)18/h5-6,8-9H,4,7H2,1-3H3,(H2,17,18). The molecule has 1 amide bonds. The number of hydrogen-bond acceptors (Lipinski definition) is 4. The summed E-state index contributed by atoms with van der Waals surface area (Å²) in [4.78, 5) is 12.3. The summed E-state index contributed by atoms with van der Waals surface area (Å²) in [6, 6.07) is 5.35. The Balaban J connectivity index is 2.81. The van der Waals surface area contributed by atoms with Gasteiger partial charge in [0.25, 0.3) is 5.91 Å². The van der Waals surface area contributed by atoms with Crippen molar-refractivity contribution in [1.82, 2.24) is 0 Å². The molecule has 2 rings (SSSR count). The Morgan fingerprint density at radius 1 is 1.27 bits per heavy atom. The average molecular weight is 337 g/mol. The van der Waals surface area contributed by atoms with E-state index in [-0.39, 0.29) is 10.6 Å². The number of nitrogens with two attached hydrogens (primary N) is 1. The first kappa shape index (κ1) is 16.7. The quantitative estimate of drug-likeness (QED) is 0.909. The van der Waals surface area contributed by atoms with E-state index in [9.17, 15) is 13.2 Å². The number of benzene rings is 1. The van der Waals surface area contributed by atoms with E-state index < -0.39 is 15.7 Å². The zero-order valence-corrected chi connectivity index (χ0v) is 14.5. The fourth-order valence-electron chi connectivity index (χ4n) is 2.59. The zero-order valence-electron chi connectivity index (χ0n) is 12.8. The molecule has 22 heavy (non-hydrogen) atoms. The van der Waals surface area contributed by atoms with E-state index >= 15 is 0 Å². The molecule has 0 aliphatic heterocycles. The van der Waals surface area contributed by atoms with E-state index in [4.69, 9.17) is 5.73 Å². The minimum absolute atomic E-state index is 0.0823. The lowest BCUT2D eigenvalue weighted by atomic mass is 9.99. The lowest BCUT2D eigenvalue weighted by molar-refractivity contribution is 0.100. The Morgan fingerprint density at radius 3 is 2.55 bits per heavy atom. The van der Waals surface area contributed by atoms with Crippen molar-refractivity contribution in [3.63, 3.8) is 0 Å². The molecule has 0 saturated heterocycles. The van der Waals surface area contributed by atoms with Crippen LogP contribution in [0.3, 0.4) is 0 Å². The maximum Gasteiger partial charge on any atom is 0.259 e. The third-order valence-electron chi connectivity index (χ3n) is 3.41. The molecule has 6 heteroatoms. The molecule has 0 aliphatic rings. The van der Waals surface area contributed by atoms with Gasteiger partial charge in [0.2, 0.25) is 0 Å². The molecule has 1 aromatic heterocycles. The van der Waals surface area contributed by atoms with Crippen molar-refractivity contribution in [2.24, 2.45) is 5.73 Å². The van der Waals surface area contributed by atoms with Crippen LogP contribution in [-0.2, 0) is 9.84 Å². The summed E-state index contributed by atoms with van der Waals surface area (Å²) < 4.78 is 25.2. The SMILES string of the molecule is CCCS(=O)(=O)c1cc(C)cc(C)c1-c1ccsc1C(N)=O. The van der Waals surface area contributed by atoms with E-state index in [1.54, 1.807) is 17.5 Å². The molecular formula is C16H19NO3S2. The van der Waals surface area contributed by atoms with Gasteiger partial charge in [-0.3, -0.25) is 4.79 Å². The van der Waals surface area contributed by atoms with Crippen molar-refractivity contribution in [2.45, 2.75) is 32.1 Å². The largest absolute Gasteiger partial charge is 0.365 e. The number of sulfone groups is 1. The molecular weight excluding hydrogens is 318 g/mol. The first-order valence-corrected chi connectivity index (χ1v) is 9.52. The van der Waals surface area contributed by atoms with Crippen LogP contribution in [0.2, 0.25) is 0 Å². The van der Waals surface area contributed by atoms with Crippen molar-refractivity contribution in [2.75, 3.05) is 5.75 Å². The van der Waals surface area contributed by atoms with Crippen LogP contribution >= 0.6 is 11.3 Å². The first-order chi connectivity index (χ1) is 10.3. The van der Waals surface area contributed by atoms with Crippen LogP contribution in [0, 0.1) is 13.8 Å². The van der Waals surface area contributed by atoms with Crippen molar-refractivity contribution >= 4 is 27.1 Å². The van der Waals surface area contributed by atoms with Gasteiger partial charge in [-0.25, -0.2) is 8.42 Å². The molecule has 0 bridgehead atoms. The fourth-order valence-corrected chi connectivity index (χ4v) is 5.05. The van der Waals surface area contributed by atoms with Crippen LogP contribution in [0.5, 0.6) is 0 Å². The highest BCUT2D eigenvalue weighted by Gasteiger charge is 2.24. The number of carbonyl (C=O) groups is 1.